The largest absolute Gasteiger partial charge is 0.366 e. The highest BCUT2D eigenvalue weighted by atomic mass is 16.1. The number of fused-ring (bicyclic) bond motifs is 1. The lowest BCUT2D eigenvalue weighted by Gasteiger charge is -1.97. The minimum atomic E-state index is -0.421. The molecular formula is C9H9N3O. The molecule has 0 aliphatic carbocycles. The predicted octanol–water partition coefficient (Wildman–Crippen LogP) is 0.970. The third-order valence-corrected chi connectivity index (χ3v) is 2.04. The highest BCUT2D eigenvalue weighted by Gasteiger charge is 2.09. The van der Waals surface area contributed by atoms with Crippen LogP contribution >= 0.6 is 0 Å². The van der Waals surface area contributed by atoms with Gasteiger partial charge in [0.25, 0.3) is 0 Å². The summed E-state index contributed by atoms with van der Waals surface area (Å²) in [5.41, 5.74) is 7.43. The normalized spacial score (nSPS) is 10.5. The SMILES string of the molecule is Cc1c[nH]c2nccc(C(N)=O)c12. The Morgan fingerprint density at radius 1 is 1.62 bits per heavy atom. The molecule has 0 aliphatic rings. The standard InChI is InChI=1S/C9H9N3O/c1-5-4-12-9-7(5)6(8(10)13)2-3-11-9/h2-4H,1H3,(H2,10,13)(H,11,12). The van der Waals surface area contributed by atoms with Crippen molar-refractivity contribution in [2.24, 2.45) is 5.73 Å². The molecule has 3 N–H and O–H groups in total. The van der Waals surface area contributed by atoms with Gasteiger partial charge in [-0.1, -0.05) is 0 Å². The number of nitrogens with zero attached hydrogens (tertiary/aromatic N) is 1. The van der Waals surface area contributed by atoms with Gasteiger partial charge in [-0.05, 0) is 18.6 Å². The maximum absolute atomic E-state index is 11.0. The molecule has 1 amide bonds. The first-order valence-electron chi connectivity index (χ1n) is 3.92. The zero-order valence-electron chi connectivity index (χ0n) is 7.16. The van der Waals surface area contributed by atoms with Crippen molar-refractivity contribution in [3.63, 3.8) is 0 Å². The number of carbonyl (C=O) groups excluding carboxylic acids is 1. The van der Waals surface area contributed by atoms with Crippen molar-refractivity contribution in [1.82, 2.24) is 9.97 Å². The second-order valence-electron chi connectivity index (χ2n) is 2.92. The molecule has 2 heterocycles. The molecule has 0 saturated carbocycles. The molecule has 66 valence electrons. The fraction of sp³-hybridized carbons (Fsp3) is 0.111. The molecular weight excluding hydrogens is 166 g/mol. The summed E-state index contributed by atoms with van der Waals surface area (Å²) in [6.07, 6.45) is 3.38. The van der Waals surface area contributed by atoms with Crippen molar-refractivity contribution in [1.29, 1.82) is 0 Å². The zero-order valence-corrected chi connectivity index (χ0v) is 7.16. The Kier molecular flexibility index (Phi) is 1.55. The van der Waals surface area contributed by atoms with E-state index in [1.54, 1.807) is 12.3 Å². The van der Waals surface area contributed by atoms with Crippen LogP contribution in [0.2, 0.25) is 0 Å². The molecule has 2 rings (SSSR count). The Hall–Kier alpha value is -1.84. The Bertz CT molecular complexity index is 473. The number of H-pyrrole nitrogens is 1. The van der Waals surface area contributed by atoms with E-state index in [4.69, 9.17) is 5.73 Å². The van der Waals surface area contributed by atoms with E-state index in [2.05, 4.69) is 9.97 Å². The summed E-state index contributed by atoms with van der Waals surface area (Å²) in [6, 6.07) is 1.63. The number of hydrogen-bond acceptors (Lipinski definition) is 2. The fourth-order valence-electron chi connectivity index (χ4n) is 1.42. The number of carbonyl (C=O) groups is 1. The number of aromatic amines is 1. The van der Waals surface area contributed by atoms with E-state index in [1.165, 1.54) is 0 Å². The van der Waals surface area contributed by atoms with Gasteiger partial charge in [0.05, 0.1) is 5.56 Å². The van der Waals surface area contributed by atoms with Gasteiger partial charge in [0, 0.05) is 17.8 Å². The monoisotopic (exact) mass is 175 g/mol. The van der Waals surface area contributed by atoms with Gasteiger partial charge in [0.1, 0.15) is 5.65 Å². The number of nitrogens with one attached hydrogen (secondary N) is 1. The average molecular weight is 175 g/mol. The molecule has 4 nitrogen and oxygen atoms in total. The summed E-state index contributed by atoms with van der Waals surface area (Å²) in [4.78, 5) is 18.1. The van der Waals surface area contributed by atoms with Crippen molar-refractivity contribution >= 4 is 16.9 Å². The Morgan fingerprint density at radius 2 is 2.38 bits per heavy atom. The Balaban J connectivity index is 2.88. The average Bonchev–Trinajstić information content (AvgIpc) is 2.48. The van der Waals surface area contributed by atoms with Gasteiger partial charge < -0.3 is 10.7 Å². The number of nitrogens with two attached hydrogens (primary N) is 1. The molecule has 0 atom stereocenters. The first-order chi connectivity index (χ1) is 6.20. The lowest BCUT2D eigenvalue weighted by Crippen LogP contribution is -2.11. The fourth-order valence-corrected chi connectivity index (χ4v) is 1.42. The van der Waals surface area contributed by atoms with E-state index in [1.807, 2.05) is 13.1 Å². The van der Waals surface area contributed by atoms with Gasteiger partial charge in [-0.3, -0.25) is 4.79 Å². The van der Waals surface area contributed by atoms with Crippen LogP contribution in [0.25, 0.3) is 11.0 Å². The molecule has 0 saturated heterocycles. The van der Waals surface area contributed by atoms with Gasteiger partial charge in [-0.15, -0.1) is 0 Å². The molecule has 2 aromatic rings. The summed E-state index contributed by atoms with van der Waals surface area (Å²) in [5, 5.41) is 0.815. The molecule has 0 fully saturated rings. The van der Waals surface area contributed by atoms with E-state index < -0.39 is 5.91 Å². The number of primary amides is 1. The number of pyridine rings is 1. The van der Waals surface area contributed by atoms with Crippen molar-refractivity contribution in [3.05, 3.63) is 29.6 Å². The van der Waals surface area contributed by atoms with Crippen LogP contribution in [-0.2, 0) is 0 Å². The summed E-state index contributed by atoms with van der Waals surface area (Å²) >= 11 is 0. The van der Waals surface area contributed by atoms with E-state index in [0.29, 0.717) is 11.2 Å². The molecule has 13 heavy (non-hydrogen) atoms. The van der Waals surface area contributed by atoms with Gasteiger partial charge in [-0.2, -0.15) is 0 Å². The highest BCUT2D eigenvalue weighted by Crippen LogP contribution is 2.19. The zero-order chi connectivity index (χ0) is 9.42. The number of amides is 1. The van der Waals surface area contributed by atoms with Crippen LogP contribution in [0.15, 0.2) is 18.5 Å². The van der Waals surface area contributed by atoms with Crippen molar-refractivity contribution in [3.8, 4) is 0 Å². The van der Waals surface area contributed by atoms with Crippen LogP contribution in [0, 0.1) is 6.92 Å². The lowest BCUT2D eigenvalue weighted by molar-refractivity contribution is 0.100. The van der Waals surface area contributed by atoms with Gasteiger partial charge in [-0.25, -0.2) is 4.98 Å². The maximum Gasteiger partial charge on any atom is 0.249 e. The summed E-state index contributed by atoms with van der Waals surface area (Å²) in [5.74, 6) is -0.421. The second kappa shape index (κ2) is 2.58. The first-order valence-corrected chi connectivity index (χ1v) is 3.92. The van der Waals surface area contributed by atoms with E-state index in [0.717, 1.165) is 10.9 Å². The van der Waals surface area contributed by atoms with E-state index >= 15 is 0 Å². The number of aryl methyl sites for hydroxylation is 1. The second-order valence-corrected chi connectivity index (χ2v) is 2.92. The molecule has 2 aromatic heterocycles. The molecule has 0 radical (unpaired) electrons. The molecule has 0 aromatic carbocycles. The van der Waals surface area contributed by atoms with Crippen LogP contribution in [0.1, 0.15) is 15.9 Å². The minimum Gasteiger partial charge on any atom is -0.366 e. The number of hydrogen-bond donors (Lipinski definition) is 2. The van der Waals surface area contributed by atoms with Crippen LogP contribution < -0.4 is 5.73 Å². The third kappa shape index (κ3) is 1.07. The van der Waals surface area contributed by atoms with Crippen LogP contribution in [-0.4, -0.2) is 15.9 Å². The smallest absolute Gasteiger partial charge is 0.249 e. The molecule has 0 spiro atoms. The highest BCUT2D eigenvalue weighted by molar-refractivity contribution is 6.05. The summed E-state index contributed by atoms with van der Waals surface area (Å²) in [7, 11) is 0. The third-order valence-electron chi connectivity index (χ3n) is 2.04. The lowest BCUT2D eigenvalue weighted by atomic mass is 10.1. The van der Waals surface area contributed by atoms with Crippen molar-refractivity contribution < 1.29 is 4.79 Å². The summed E-state index contributed by atoms with van der Waals surface area (Å²) in [6.45, 7) is 1.91. The molecule has 4 heteroatoms. The predicted molar refractivity (Wildman–Crippen MR) is 49.3 cm³/mol. The maximum atomic E-state index is 11.0. The van der Waals surface area contributed by atoms with Gasteiger partial charge >= 0.3 is 0 Å². The van der Waals surface area contributed by atoms with Crippen LogP contribution in [0.3, 0.4) is 0 Å². The molecule has 0 aliphatic heterocycles. The van der Waals surface area contributed by atoms with E-state index in [-0.39, 0.29) is 0 Å². The quantitative estimate of drug-likeness (QED) is 0.677. The Morgan fingerprint density at radius 3 is 3.08 bits per heavy atom. The first kappa shape index (κ1) is 7.79. The molecule has 0 unspecified atom stereocenters. The van der Waals surface area contributed by atoms with Gasteiger partial charge in [0.15, 0.2) is 0 Å². The summed E-state index contributed by atoms with van der Waals surface area (Å²) < 4.78 is 0. The van der Waals surface area contributed by atoms with Crippen molar-refractivity contribution in [2.75, 3.05) is 0 Å². The van der Waals surface area contributed by atoms with E-state index in [9.17, 15) is 4.79 Å². The number of rotatable bonds is 1. The van der Waals surface area contributed by atoms with Crippen LogP contribution in [0.4, 0.5) is 0 Å². The van der Waals surface area contributed by atoms with Crippen LogP contribution in [0.5, 0.6) is 0 Å². The number of aromatic nitrogens is 2. The van der Waals surface area contributed by atoms with Gasteiger partial charge in [0.2, 0.25) is 5.91 Å². The Labute approximate surface area is 74.8 Å². The topological polar surface area (TPSA) is 71.8 Å². The minimum absolute atomic E-state index is 0.421. The van der Waals surface area contributed by atoms with Crippen molar-refractivity contribution in [2.45, 2.75) is 6.92 Å². The molecule has 0 bridgehead atoms.